The first-order valence-corrected chi connectivity index (χ1v) is 8.07. The van der Waals surface area contributed by atoms with Crippen molar-refractivity contribution >= 4 is 17.4 Å². The fourth-order valence-electron chi connectivity index (χ4n) is 3.44. The number of nitrogens with zero attached hydrogens (tertiary/aromatic N) is 2. The Morgan fingerprint density at radius 3 is 2.61 bits per heavy atom. The lowest BCUT2D eigenvalue weighted by molar-refractivity contribution is -0.117. The summed E-state index contributed by atoms with van der Waals surface area (Å²) in [5.41, 5.74) is 3.27. The Hall–Kier alpha value is -2.36. The van der Waals surface area contributed by atoms with Gasteiger partial charge < -0.3 is 10.2 Å². The van der Waals surface area contributed by atoms with E-state index in [-0.39, 0.29) is 23.9 Å². The molecular weight excluding hydrogens is 286 g/mol. The fraction of sp³-hybridized carbons (Fsp3) is 0.368. The van der Waals surface area contributed by atoms with Gasteiger partial charge in [-0.2, -0.15) is 0 Å². The summed E-state index contributed by atoms with van der Waals surface area (Å²) < 4.78 is 0. The molecule has 0 bridgehead atoms. The van der Waals surface area contributed by atoms with Crippen molar-refractivity contribution in [3.8, 4) is 0 Å². The number of pyridine rings is 1. The van der Waals surface area contributed by atoms with Gasteiger partial charge in [0, 0.05) is 30.8 Å². The van der Waals surface area contributed by atoms with Crippen LogP contribution in [0.15, 0.2) is 42.6 Å². The van der Waals surface area contributed by atoms with Crippen molar-refractivity contribution in [3.63, 3.8) is 0 Å². The molecule has 0 spiro atoms. The predicted molar refractivity (Wildman–Crippen MR) is 93.6 cm³/mol. The minimum Gasteiger partial charge on any atom is -0.363 e. The van der Waals surface area contributed by atoms with Crippen molar-refractivity contribution in [2.45, 2.75) is 39.8 Å². The van der Waals surface area contributed by atoms with Gasteiger partial charge in [0.1, 0.15) is 5.82 Å². The Bertz CT molecular complexity index is 728. The lowest BCUT2D eigenvalue weighted by Gasteiger charge is -2.44. The van der Waals surface area contributed by atoms with E-state index in [2.05, 4.69) is 43.2 Å². The van der Waals surface area contributed by atoms with Gasteiger partial charge in [0.25, 0.3) is 0 Å². The fourth-order valence-corrected chi connectivity index (χ4v) is 3.44. The van der Waals surface area contributed by atoms with E-state index in [4.69, 9.17) is 0 Å². The third-order valence-corrected chi connectivity index (χ3v) is 4.87. The molecular formula is C19H23N3O. The molecule has 0 saturated carbocycles. The summed E-state index contributed by atoms with van der Waals surface area (Å²) in [5.74, 6) is 1.27. The standard InChI is InChI=1S/C19H23N3O/c1-12-8-7-11-20-19(12)21-18-13(2)14(3)22(15(4)23)17-10-6-5-9-16(17)18/h5-11,13-14,18H,1-4H3,(H,20,21)/t13-,14-,18?/m0/s1. The van der Waals surface area contributed by atoms with Crippen molar-refractivity contribution in [1.29, 1.82) is 0 Å². The summed E-state index contributed by atoms with van der Waals surface area (Å²) in [7, 11) is 0. The first-order chi connectivity index (χ1) is 11.0. The van der Waals surface area contributed by atoms with Gasteiger partial charge in [0.05, 0.1) is 6.04 Å². The monoisotopic (exact) mass is 309 g/mol. The number of rotatable bonds is 2. The molecule has 1 aliphatic rings. The van der Waals surface area contributed by atoms with Crippen molar-refractivity contribution in [1.82, 2.24) is 4.98 Å². The van der Waals surface area contributed by atoms with E-state index in [9.17, 15) is 4.79 Å². The van der Waals surface area contributed by atoms with Gasteiger partial charge in [0.2, 0.25) is 5.91 Å². The van der Waals surface area contributed by atoms with Crippen molar-refractivity contribution in [3.05, 3.63) is 53.7 Å². The van der Waals surface area contributed by atoms with Gasteiger partial charge in [0.15, 0.2) is 0 Å². The Kier molecular flexibility index (Phi) is 4.07. The largest absolute Gasteiger partial charge is 0.363 e. The molecule has 1 unspecified atom stereocenters. The number of carbonyl (C=O) groups excluding carboxylic acids is 1. The maximum Gasteiger partial charge on any atom is 0.224 e. The van der Waals surface area contributed by atoms with Crippen LogP contribution in [0.25, 0.3) is 0 Å². The third-order valence-electron chi connectivity index (χ3n) is 4.87. The number of nitrogens with one attached hydrogen (secondary N) is 1. The summed E-state index contributed by atoms with van der Waals surface area (Å²) in [6.07, 6.45) is 1.81. The highest BCUT2D eigenvalue weighted by molar-refractivity contribution is 5.93. The lowest BCUT2D eigenvalue weighted by atomic mass is 9.82. The molecule has 3 rings (SSSR count). The second kappa shape index (κ2) is 6.03. The third kappa shape index (κ3) is 2.69. The van der Waals surface area contributed by atoms with Gasteiger partial charge in [-0.05, 0) is 37.1 Å². The second-order valence-electron chi connectivity index (χ2n) is 6.34. The normalized spacial score (nSPS) is 23.3. The predicted octanol–water partition coefficient (Wildman–Crippen LogP) is 3.93. The van der Waals surface area contributed by atoms with Gasteiger partial charge >= 0.3 is 0 Å². The van der Waals surface area contributed by atoms with Crippen LogP contribution in [0, 0.1) is 12.8 Å². The Balaban J connectivity index is 2.05. The van der Waals surface area contributed by atoms with Crippen LogP contribution in [-0.2, 0) is 4.79 Å². The maximum absolute atomic E-state index is 12.1. The van der Waals surface area contributed by atoms with E-state index in [1.54, 1.807) is 13.1 Å². The van der Waals surface area contributed by atoms with Gasteiger partial charge in [-0.3, -0.25) is 4.79 Å². The molecule has 4 heteroatoms. The number of hydrogen-bond donors (Lipinski definition) is 1. The zero-order valence-corrected chi connectivity index (χ0v) is 14.1. The molecule has 23 heavy (non-hydrogen) atoms. The highest BCUT2D eigenvalue weighted by Gasteiger charge is 2.38. The molecule has 0 fully saturated rings. The van der Waals surface area contributed by atoms with Crippen LogP contribution < -0.4 is 10.2 Å². The molecule has 2 heterocycles. The number of hydrogen-bond acceptors (Lipinski definition) is 3. The quantitative estimate of drug-likeness (QED) is 0.914. The van der Waals surface area contributed by atoms with E-state index >= 15 is 0 Å². The molecule has 0 aliphatic carbocycles. The number of para-hydroxylation sites is 1. The first-order valence-electron chi connectivity index (χ1n) is 8.07. The maximum atomic E-state index is 12.1. The van der Waals surface area contributed by atoms with Crippen molar-refractivity contribution in [2.75, 3.05) is 10.2 Å². The Morgan fingerprint density at radius 2 is 1.91 bits per heavy atom. The first kappa shape index (κ1) is 15.5. The molecule has 1 amide bonds. The molecule has 120 valence electrons. The Morgan fingerprint density at radius 1 is 1.17 bits per heavy atom. The van der Waals surface area contributed by atoms with Crippen LogP contribution in [0.3, 0.4) is 0 Å². The average Bonchev–Trinajstić information content (AvgIpc) is 2.53. The number of amides is 1. The van der Waals surface area contributed by atoms with Crippen molar-refractivity contribution < 1.29 is 4.79 Å². The summed E-state index contributed by atoms with van der Waals surface area (Å²) in [6, 6.07) is 12.4. The lowest BCUT2D eigenvalue weighted by Crippen LogP contribution is -2.48. The molecule has 1 aromatic carbocycles. The summed E-state index contributed by atoms with van der Waals surface area (Å²) in [4.78, 5) is 18.5. The molecule has 1 N–H and O–H groups in total. The summed E-state index contributed by atoms with van der Waals surface area (Å²) >= 11 is 0. The van der Waals surface area contributed by atoms with Crippen LogP contribution in [0.2, 0.25) is 0 Å². The van der Waals surface area contributed by atoms with Crippen LogP contribution in [0.1, 0.15) is 37.9 Å². The highest BCUT2D eigenvalue weighted by Crippen LogP contribution is 2.42. The SMILES string of the molecule is CC(=O)N1c2ccccc2C(Nc2ncccc2C)[C@@H](C)[C@@H]1C. The number of benzene rings is 1. The van der Waals surface area contributed by atoms with Crippen LogP contribution >= 0.6 is 0 Å². The highest BCUT2D eigenvalue weighted by atomic mass is 16.2. The number of aryl methyl sites for hydroxylation is 1. The van der Waals surface area contributed by atoms with E-state index in [0.29, 0.717) is 0 Å². The zero-order valence-electron chi connectivity index (χ0n) is 14.1. The topological polar surface area (TPSA) is 45.2 Å². The molecule has 2 aromatic rings. The number of carbonyl (C=O) groups is 1. The zero-order chi connectivity index (χ0) is 16.6. The minimum absolute atomic E-state index is 0.0873. The summed E-state index contributed by atoms with van der Waals surface area (Å²) in [6.45, 7) is 7.99. The van der Waals surface area contributed by atoms with E-state index < -0.39 is 0 Å². The average molecular weight is 309 g/mol. The van der Waals surface area contributed by atoms with E-state index in [1.807, 2.05) is 29.2 Å². The number of fused-ring (bicyclic) bond motifs is 1. The van der Waals surface area contributed by atoms with Crippen LogP contribution in [-0.4, -0.2) is 16.9 Å². The smallest absolute Gasteiger partial charge is 0.224 e. The van der Waals surface area contributed by atoms with Gasteiger partial charge in [-0.15, -0.1) is 0 Å². The van der Waals surface area contributed by atoms with Crippen LogP contribution in [0.4, 0.5) is 11.5 Å². The minimum atomic E-state index is 0.0873. The number of aromatic nitrogens is 1. The van der Waals surface area contributed by atoms with Crippen LogP contribution in [0.5, 0.6) is 0 Å². The molecule has 4 nitrogen and oxygen atoms in total. The van der Waals surface area contributed by atoms with Crippen molar-refractivity contribution in [2.24, 2.45) is 5.92 Å². The molecule has 1 aromatic heterocycles. The Labute approximate surface area is 137 Å². The molecule has 0 radical (unpaired) electrons. The molecule has 1 aliphatic heterocycles. The molecule has 3 atom stereocenters. The van der Waals surface area contributed by atoms with E-state index in [1.165, 1.54) is 0 Å². The van der Waals surface area contributed by atoms with Gasteiger partial charge in [-0.1, -0.05) is 31.2 Å². The number of anilines is 2. The van der Waals surface area contributed by atoms with E-state index in [0.717, 1.165) is 22.6 Å². The molecule has 0 saturated heterocycles. The summed E-state index contributed by atoms with van der Waals surface area (Å²) in [5, 5.41) is 3.60. The second-order valence-corrected chi connectivity index (χ2v) is 6.34. The van der Waals surface area contributed by atoms with Gasteiger partial charge in [-0.25, -0.2) is 4.98 Å².